The molecule has 1 fully saturated rings. The average molecular weight is 263 g/mol. The molecule has 0 spiro atoms. The molecule has 0 aromatic heterocycles. The molecule has 2 N–H and O–H groups in total. The Labute approximate surface area is 113 Å². The minimum atomic E-state index is -0.929. The van der Waals surface area contributed by atoms with Gasteiger partial charge in [0.25, 0.3) is 0 Å². The van der Waals surface area contributed by atoms with Gasteiger partial charge in [-0.3, -0.25) is 0 Å². The maximum Gasteiger partial charge on any atom is 0.335 e. The summed E-state index contributed by atoms with van der Waals surface area (Å²) in [5.41, 5.74) is 0.257. The van der Waals surface area contributed by atoms with Gasteiger partial charge in [0.2, 0.25) is 0 Å². The smallest absolute Gasteiger partial charge is 0.335 e. The van der Waals surface area contributed by atoms with Crippen LogP contribution < -0.4 is 10.1 Å². The third kappa shape index (κ3) is 4.56. The van der Waals surface area contributed by atoms with Gasteiger partial charge in [-0.25, -0.2) is 4.79 Å². The van der Waals surface area contributed by atoms with E-state index in [9.17, 15) is 4.79 Å². The van der Waals surface area contributed by atoms with Crippen LogP contribution in [0.1, 0.15) is 30.1 Å². The molecular weight excluding hydrogens is 242 g/mol. The number of aromatic carboxylic acids is 1. The zero-order valence-corrected chi connectivity index (χ0v) is 11.3. The van der Waals surface area contributed by atoms with Gasteiger partial charge in [0, 0.05) is 6.54 Å². The van der Waals surface area contributed by atoms with Gasteiger partial charge < -0.3 is 15.2 Å². The fourth-order valence-corrected chi connectivity index (χ4v) is 2.12. The molecule has 19 heavy (non-hydrogen) atoms. The number of benzene rings is 1. The largest absolute Gasteiger partial charge is 0.492 e. The molecule has 0 saturated heterocycles. The third-order valence-corrected chi connectivity index (χ3v) is 3.52. The van der Waals surface area contributed by atoms with Crippen LogP contribution in [-0.2, 0) is 0 Å². The standard InChI is InChI=1S/C15H21NO3/c1-11(12-5-6-12)10-16-7-8-19-14-4-2-3-13(9-14)15(17)18/h2-4,9,11-12,16H,5-8,10H2,1H3,(H,17,18). The zero-order chi connectivity index (χ0) is 13.7. The lowest BCUT2D eigenvalue weighted by Crippen LogP contribution is -2.26. The number of nitrogens with one attached hydrogen (secondary N) is 1. The minimum Gasteiger partial charge on any atom is -0.492 e. The lowest BCUT2D eigenvalue weighted by Gasteiger charge is -2.12. The molecule has 0 bridgehead atoms. The summed E-state index contributed by atoms with van der Waals surface area (Å²) in [5.74, 6) is 1.34. The minimum absolute atomic E-state index is 0.257. The molecule has 104 valence electrons. The molecule has 1 aliphatic rings. The molecular formula is C15H21NO3. The molecule has 4 nitrogen and oxygen atoms in total. The topological polar surface area (TPSA) is 58.6 Å². The average Bonchev–Trinajstić information content (AvgIpc) is 3.22. The summed E-state index contributed by atoms with van der Waals surface area (Å²) in [6.07, 6.45) is 2.75. The molecule has 2 rings (SSSR count). The maximum atomic E-state index is 10.8. The summed E-state index contributed by atoms with van der Waals surface area (Å²) in [6.45, 7) is 4.65. The summed E-state index contributed by atoms with van der Waals surface area (Å²) >= 11 is 0. The van der Waals surface area contributed by atoms with Crippen LogP contribution in [0.2, 0.25) is 0 Å². The van der Waals surface area contributed by atoms with Gasteiger partial charge in [0.1, 0.15) is 12.4 Å². The van der Waals surface area contributed by atoms with Crippen LogP contribution in [0.5, 0.6) is 5.75 Å². The van der Waals surface area contributed by atoms with Crippen LogP contribution in [0.4, 0.5) is 0 Å². The van der Waals surface area contributed by atoms with Crippen LogP contribution >= 0.6 is 0 Å². The van der Waals surface area contributed by atoms with Crippen molar-refractivity contribution in [3.05, 3.63) is 29.8 Å². The first-order valence-corrected chi connectivity index (χ1v) is 6.83. The van der Waals surface area contributed by atoms with Crippen molar-refractivity contribution >= 4 is 5.97 Å². The highest BCUT2D eigenvalue weighted by atomic mass is 16.5. The van der Waals surface area contributed by atoms with Gasteiger partial charge in [0.15, 0.2) is 0 Å². The van der Waals surface area contributed by atoms with Crippen molar-refractivity contribution in [1.82, 2.24) is 5.32 Å². The van der Waals surface area contributed by atoms with Crippen molar-refractivity contribution in [2.45, 2.75) is 19.8 Å². The van der Waals surface area contributed by atoms with Gasteiger partial charge in [-0.05, 0) is 49.4 Å². The van der Waals surface area contributed by atoms with Gasteiger partial charge >= 0.3 is 5.97 Å². The highest BCUT2D eigenvalue weighted by Crippen LogP contribution is 2.35. The fraction of sp³-hybridized carbons (Fsp3) is 0.533. The zero-order valence-electron chi connectivity index (χ0n) is 11.3. The van der Waals surface area contributed by atoms with E-state index in [1.54, 1.807) is 24.3 Å². The van der Waals surface area contributed by atoms with Crippen LogP contribution in [0.15, 0.2) is 24.3 Å². The number of rotatable bonds is 8. The van der Waals surface area contributed by atoms with Crippen LogP contribution in [-0.4, -0.2) is 30.8 Å². The number of carboxylic acids is 1. The second-order valence-corrected chi connectivity index (χ2v) is 5.20. The third-order valence-electron chi connectivity index (χ3n) is 3.52. The summed E-state index contributed by atoms with van der Waals surface area (Å²) in [7, 11) is 0. The molecule has 1 aliphatic carbocycles. The van der Waals surface area contributed by atoms with Crippen LogP contribution in [0.25, 0.3) is 0 Å². The van der Waals surface area contributed by atoms with E-state index < -0.39 is 5.97 Å². The van der Waals surface area contributed by atoms with E-state index in [-0.39, 0.29) is 5.56 Å². The Bertz CT molecular complexity index is 429. The summed E-state index contributed by atoms with van der Waals surface area (Å²) in [6, 6.07) is 6.58. The van der Waals surface area contributed by atoms with Crippen molar-refractivity contribution in [3.8, 4) is 5.75 Å². The van der Waals surface area contributed by atoms with Crippen LogP contribution in [0.3, 0.4) is 0 Å². The predicted molar refractivity (Wildman–Crippen MR) is 73.7 cm³/mol. The summed E-state index contributed by atoms with van der Waals surface area (Å²) in [4.78, 5) is 10.8. The second-order valence-electron chi connectivity index (χ2n) is 5.20. The normalized spacial score (nSPS) is 16.1. The Morgan fingerprint density at radius 2 is 2.32 bits per heavy atom. The van der Waals surface area contributed by atoms with E-state index in [1.165, 1.54) is 12.8 Å². The number of hydrogen-bond donors (Lipinski definition) is 2. The predicted octanol–water partition coefficient (Wildman–Crippen LogP) is 2.40. The van der Waals surface area contributed by atoms with Gasteiger partial charge in [-0.15, -0.1) is 0 Å². The lowest BCUT2D eigenvalue weighted by atomic mass is 10.1. The van der Waals surface area contributed by atoms with Crippen LogP contribution in [0, 0.1) is 11.8 Å². The molecule has 0 radical (unpaired) electrons. The highest BCUT2D eigenvalue weighted by molar-refractivity contribution is 5.87. The van der Waals surface area contributed by atoms with E-state index >= 15 is 0 Å². The SMILES string of the molecule is CC(CNCCOc1cccc(C(=O)O)c1)C1CC1. The Hall–Kier alpha value is -1.55. The first kappa shape index (κ1) is 13.9. The van der Waals surface area contributed by atoms with Crippen molar-refractivity contribution in [2.24, 2.45) is 11.8 Å². The second kappa shape index (κ2) is 6.57. The van der Waals surface area contributed by atoms with Gasteiger partial charge in [-0.1, -0.05) is 13.0 Å². The molecule has 1 atom stereocenters. The number of carbonyl (C=O) groups is 1. The summed E-state index contributed by atoms with van der Waals surface area (Å²) in [5, 5.41) is 12.2. The Morgan fingerprint density at radius 1 is 1.53 bits per heavy atom. The fourth-order valence-electron chi connectivity index (χ4n) is 2.12. The van der Waals surface area contributed by atoms with E-state index in [0.717, 1.165) is 24.9 Å². The van der Waals surface area contributed by atoms with E-state index in [1.807, 2.05) is 0 Å². The molecule has 1 aromatic carbocycles. The Kier molecular flexibility index (Phi) is 4.80. The molecule has 1 saturated carbocycles. The monoisotopic (exact) mass is 263 g/mol. The first-order valence-electron chi connectivity index (χ1n) is 6.83. The molecule has 0 heterocycles. The highest BCUT2D eigenvalue weighted by Gasteiger charge is 2.27. The van der Waals surface area contributed by atoms with Crippen molar-refractivity contribution in [2.75, 3.05) is 19.7 Å². The van der Waals surface area contributed by atoms with E-state index in [4.69, 9.17) is 9.84 Å². The van der Waals surface area contributed by atoms with E-state index in [0.29, 0.717) is 12.4 Å². The van der Waals surface area contributed by atoms with Gasteiger partial charge in [-0.2, -0.15) is 0 Å². The molecule has 0 amide bonds. The number of hydrogen-bond acceptors (Lipinski definition) is 3. The Balaban J connectivity index is 1.64. The van der Waals surface area contributed by atoms with Crippen molar-refractivity contribution < 1.29 is 14.6 Å². The Morgan fingerprint density at radius 3 is 3.00 bits per heavy atom. The van der Waals surface area contributed by atoms with Gasteiger partial charge in [0.05, 0.1) is 5.56 Å². The molecule has 0 aliphatic heterocycles. The molecule has 1 aromatic rings. The van der Waals surface area contributed by atoms with Crippen molar-refractivity contribution in [1.29, 1.82) is 0 Å². The summed E-state index contributed by atoms with van der Waals surface area (Å²) < 4.78 is 5.53. The lowest BCUT2D eigenvalue weighted by molar-refractivity contribution is 0.0696. The van der Waals surface area contributed by atoms with E-state index in [2.05, 4.69) is 12.2 Å². The number of ether oxygens (including phenoxy) is 1. The quantitative estimate of drug-likeness (QED) is 0.707. The maximum absolute atomic E-state index is 10.8. The number of carboxylic acid groups (broad SMARTS) is 1. The van der Waals surface area contributed by atoms with Crippen molar-refractivity contribution in [3.63, 3.8) is 0 Å². The first-order chi connectivity index (χ1) is 9.16. The molecule has 1 unspecified atom stereocenters. The molecule has 4 heteroatoms.